The zero-order valence-electron chi connectivity index (χ0n) is 13.1. The van der Waals surface area contributed by atoms with Crippen molar-refractivity contribution in [3.63, 3.8) is 0 Å². The highest BCUT2D eigenvalue weighted by atomic mass is 32.2. The van der Waals surface area contributed by atoms with E-state index in [4.69, 9.17) is 0 Å². The van der Waals surface area contributed by atoms with Gasteiger partial charge in [0.2, 0.25) is 0 Å². The van der Waals surface area contributed by atoms with E-state index in [0.717, 1.165) is 12.8 Å². The van der Waals surface area contributed by atoms with Gasteiger partial charge in [-0.1, -0.05) is 0 Å². The molecule has 1 fully saturated rings. The number of aryl methyl sites for hydroxylation is 1. The van der Waals surface area contributed by atoms with Gasteiger partial charge in [0.1, 0.15) is 0 Å². The highest BCUT2D eigenvalue weighted by Gasteiger charge is 2.40. The Morgan fingerprint density at radius 1 is 1.35 bits per heavy atom. The minimum absolute atomic E-state index is 0.000505. The number of hydrogen-bond acceptors (Lipinski definition) is 5. The molecule has 0 bridgehead atoms. The second-order valence-electron chi connectivity index (χ2n) is 5.96. The average Bonchev–Trinajstić information content (AvgIpc) is 3.18. The van der Waals surface area contributed by atoms with Gasteiger partial charge < -0.3 is 14.2 Å². The summed E-state index contributed by atoms with van der Waals surface area (Å²) in [6.07, 6.45) is 9.49. The Morgan fingerprint density at radius 2 is 2.13 bits per heavy atom. The third-order valence-corrected chi connectivity index (χ3v) is 6.26. The number of aliphatic hydroxyl groups is 1. The predicted octanol–water partition coefficient (Wildman–Crippen LogP) is 0.392. The Balaban J connectivity index is 1.85. The molecule has 1 aliphatic carbocycles. The third kappa shape index (κ3) is 2.91. The van der Waals surface area contributed by atoms with Gasteiger partial charge in [0.15, 0.2) is 5.03 Å². The minimum Gasteiger partial charge on any atom is -0.389 e. The van der Waals surface area contributed by atoms with Crippen LogP contribution < -0.4 is 0 Å². The monoisotopic (exact) mass is 339 g/mol. The van der Waals surface area contributed by atoms with Crippen LogP contribution in [0.25, 0.3) is 0 Å². The number of imidazole rings is 2. The van der Waals surface area contributed by atoms with Crippen LogP contribution in [0.15, 0.2) is 36.3 Å². The summed E-state index contributed by atoms with van der Waals surface area (Å²) in [6.45, 7) is 0. The zero-order chi connectivity index (χ0) is 16.6. The fraction of sp³-hybridized carbons (Fsp3) is 0.571. The van der Waals surface area contributed by atoms with Crippen molar-refractivity contribution in [2.75, 3.05) is 7.05 Å². The summed E-state index contributed by atoms with van der Waals surface area (Å²) in [5, 5.41) is 10.7. The Bertz CT molecular complexity index is 755. The molecule has 0 amide bonds. The molecule has 126 valence electrons. The molecule has 2 aromatic rings. The SMILES string of the molecule is CN([C@@H]1CCC[C@@H](n2ccnc2)[C@@H]1O)S(=O)(=O)c1cn(C)cn1. The topological polar surface area (TPSA) is 93.3 Å². The number of aromatic nitrogens is 4. The van der Waals surface area contributed by atoms with Crippen molar-refractivity contribution in [1.82, 2.24) is 23.4 Å². The number of rotatable bonds is 4. The molecule has 3 rings (SSSR count). The Hall–Kier alpha value is -1.71. The van der Waals surface area contributed by atoms with Crippen molar-refractivity contribution >= 4 is 10.0 Å². The molecule has 0 unspecified atom stereocenters. The van der Waals surface area contributed by atoms with Crippen LogP contribution in [0.5, 0.6) is 0 Å². The van der Waals surface area contributed by atoms with Crippen LogP contribution in [0.1, 0.15) is 25.3 Å². The van der Waals surface area contributed by atoms with Gasteiger partial charge in [0.25, 0.3) is 10.0 Å². The van der Waals surface area contributed by atoms with Gasteiger partial charge in [-0.15, -0.1) is 0 Å². The van der Waals surface area contributed by atoms with E-state index in [1.807, 2.05) is 4.57 Å². The summed E-state index contributed by atoms with van der Waals surface area (Å²) in [5.74, 6) is 0. The molecule has 1 aliphatic rings. The second-order valence-corrected chi connectivity index (χ2v) is 7.91. The molecule has 9 heteroatoms. The molecule has 0 aromatic carbocycles. The standard InChI is InChI=1S/C14H21N5O3S/c1-17-8-13(16-10-17)23(21,22)18(2)11-4-3-5-12(14(11)20)19-7-6-15-9-19/h6-12,14,20H,3-5H2,1-2H3/t11-,12-,14-/m1/s1. The number of nitrogens with zero attached hydrogens (tertiary/aromatic N) is 5. The van der Waals surface area contributed by atoms with Crippen molar-refractivity contribution in [1.29, 1.82) is 0 Å². The van der Waals surface area contributed by atoms with Gasteiger partial charge in [-0.25, -0.2) is 18.4 Å². The van der Waals surface area contributed by atoms with Gasteiger partial charge >= 0.3 is 0 Å². The lowest BCUT2D eigenvalue weighted by Gasteiger charge is -2.39. The highest BCUT2D eigenvalue weighted by Crippen LogP contribution is 2.33. The molecule has 8 nitrogen and oxygen atoms in total. The predicted molar refractivity (Wildman–Crippen MR) is 83.1 cm³/mol. The molecule has 0 aliphatic heterocycles. The summed E-state index contributed by atoms with van der Waals surface area (Å²) >= 11 is 0. The Kier molecular flexibility index (Phi) is 4.26. The quantitative estimate of drug-likeness (QED) is 0.870. The first kappa shape index (κ1) is 16.2. The van der Waals surface area contributed by atoms with Crippen molar-refractivity contribution < 1.29 is 13.5 Å². The number of hydrogen-bond donors (Lipinski definition) is 1. The van der Waals surface area contributed by atoms with Crippen LogP contribution in [0, 0.1) is 0 Å². The van der Waals surface area contributed by atoms with Gasteiger partial charge in [0, 0.05) is 32.7 Å². The van der Waals surface area contributed by atoms with E-state index in [1.54, 1.807) is 30.3 Å². The number of sulfonamides is 1. The summed E-state index contributed by atoms with van der Waals surface area (Å²) in [7, 11) is -0.500. The number of aliphatic hydroxyl groups excluding tert-OH is 1. The second kappa shape index (κ2) is 6.06. The molecular weight excluding hydrogens is 318 g/mol. The van der Waals surface area contributed by atoms with E-state index < -0.39 is 22.2 Å². The summed E-state index contributed by atoms with van der Waals surface area (Å²) in [4.78, 5) is 7.94. The number of likely N-dealkylation sites (N-methyl/N-ethyl adjacent to an activating group) is 1. The Labute approximate surface area is 135 Å². The Morgan fingerprint density at radius 3 is 2.74 bits per heavy atom. The maximum atomic E-state index is 12.7. The molecule has 1 saturated carbocycles. The summed E-state index contributed by atoms with van der Waals surface area (Å²) in [5.41, 5.74) is 0. The first-order valence-electron chi connectivity index (χ1n) is 7.53. The maximum absolute atomic E-state index is 12.7. The third-order valence-electron chi connectivity index (χ3n) is 4.49. The van der Waals surface area contributed by atoms with E-state index >= 15 is 0 Å². The van der Waals surface area contributed by atoms with Crippen molar-refractivity contribution in [2.45, 2.75) is 42.5 Å². The van der Waals surface area contributed by atoms with E-state index in [2.05, 4.69) is 9.97 Å². The van der Waals surface area contributed by atoms with Crippen LogP contribution in [0.2, 0.25) is 0 Å². The van der Waals surface area contributed by atoms with Gasteiger partial charge in [-0.3, -0.25) is 0 Å². The lowest BCUT2D eigenvalue weighted by Crippen LogP contribution is -2.50. The smallest absolute Gasteiger partial charge is 0.262 e. The molecule has 2 heterocycles. The van der Waals surface area contributed by atoms with E-state index in [9.17, 15) is 13.5 Å². The molecule has 2 aromatic heterocycles. The molecule has 0 radical (unpaired) electrons. The van der Waals surface area contributed by atoms with Gasteiger partial charge in [0.05, 0.1) is 30.8 Å². The zero-order valence-corrected chi connectivity index (χ0v) is 14.0. The minimum atomic E-state index is -3.73. The average molecular weight is 339 g/mol. The first-order chi connectivity index (χ1) is 10.9. The van der Waals surface area contributed by atoms with Crippen LogP contribution in [0.4, 0.5) is 0 Å². The highest BCUT2D eigenvalue weighted by molar-refractivity contribution is 7.89. The van der Waals surface area contributed by atoms with E-state index in [1.165, 1.54) is 23.9 Å². The first-order valence-corrected chi connectivity index (χ1v) is 8.97. The van der Waals surface area contributed by atoms with Crippen molar-refractivity contribution in [3.05, 3.63) is 31.2 Å². The van der Waals surface area contributed by atoms with Crippen LogP contribution in [0.3, 0.4) is 0 Å². The van der Waals surface area contributed by atoms with Crippen molar-refractivity contribution in [2.24, 2.45) is 7.05 Å². The fourth-order valence-electron chi connectivity index (χ4n) is 3.17. The molecule has 3 atom stereocenters. The van der Waals surface area contributed by atoms with E-state index in [0.29, 0.717) is 6.42 Å². The molecule has 23 heavy (non-hydrogen) atoms. The lowest BCUT2D eigenvalue weighted by atomic mass is 9.88. The fourth-order valence-corrected chi connectivity index (χ4v) is 4.53. The van der Waals surface area contributed by atoms with E-state index in [-0.39, 0.29) is 11.1 Å². The van der Waals surface area contributed by atoms with Crippen LogP contribution in [-0.4, -0.2) is 56.1 Å². The normalized spacial score (nSPS) is 25.8. The van der Waals surface area contributed by atoms with Gasteiger partial charge in [-0.05, 0) is 19.3 Å². The van der Waals surface area contributed by atoms with Crippen LogP contribution >= 0.6 is 0 Å². The molecule has 1 N–H and O–H groups in total. The summed E-state index contributed by atoms with van der Waals surface area (Å²) < 4.78 is 30.1. The van der Waals surface area contributed by atoms with Gasteiger partial charge in [-0.2, -0.15) is 4.31 Å². The molecular formula is C14H21N5O3S. The molecule has 0 spiro atoms. The molecule has 0 saturated heterocycles. The summed E-state index contributed by atoms with van der Waals surface area (Å²) in [6, 6.07) is -0.652. The lowest BCUT2D eigenvalue weighted by molar-refractivity contribution is 0.0207. The van der Waals surface area contributed by atoms with Crippen LogP contribution in [-0.2, 0) is 17.1 Å². The maximum Gasteiger partial charge on any atom is 0.262 e. The van der Waals surface area contributed by atoms with Crippen molar-refractivity contribution in [3.8, 4) is 0 Å². The largest absolute Gasteiger partial charge is 0.389 e.